The van der Waals surface area contributed by atoms with Crippen LogP contribution in [-0.2, 0) is 20.1 Å². The fourth-order valence-corrected chi connectivity index (χ4v) is 2.95. The number of pyridine rings is 1. The van der Waals surface area contributed by atoms with Gasteiger partial charge in [-0.05, 0) is 26.0 Å². The summed E-state index contributed by atoms with van der Waals surface area (Å²) in [7, 11) is 3.91. The number of hydrogen-bond donors (Lipinski definition) is 1. The van der Waals surface area contributed by atoms with Crippen LogP contribution in [-0.4, -0.2) is 37.9 Å². The Balaban J connectivity index is 1.60. The van der Waals surface area contributed by atoms with E-state index in [4.69, 9.17) is 4.52 Å². The van der Waals surface area contributed by atoms with Gasteiger partial charge < -0.3 is 14.7 Å². The van der Waals surface area contributed by atoms with E-state index in [9.17, 15) is 4.79 Å². The maximum Gasteiger partial charge on any atom is 0.253 e. The summed E-state index contributed by atoms with van der Waals surface area (Å²) in [6, 6.07) is 3.59. The highest BCUT2D eigenvalue weighted by Gasteiger charge is 2.14. The number of anilines is 1. The van der Waals surface area contributed by atoms with Crippen LogP contribution >= 0.6 is 0 Å². The molecule has 3 heterocycles. The van der Waals surface area contributed by atoms with Gasteiger partial charge in [0.1, 0.15) is 5.82 Å². The first-order valence-electron chi connectivity index (χ1n) is 9.53. The average Bonchev–Trinajstić information content (AvgIpc) is 3.27. The van der Waals surface area contributed by atoms with Gasteiger partial charge in [-0.1, -0.05) is 19.0 Å². The van der Waals surface area contributed by atoms with Crippen LogP contribution in [0.5, 0.6) is 0 Å². The number of amides is 1. The second kappa shape index (κ2) is 8.42. The molecule has 3 rings (SSSR count). The molecule has 3 aromatic rings. The van der Waals surface area contributed by atoms with Crippen LogP contribution in [0, 0.1) is 13.8 Å². The number of carbonyl (C=O) groups excluding carboxylic acids is 1. The Hall–Kier alpha value is -3.23. The second-order valence-corrected chi connectivity index (χ2v) is 7.42. The molecule has 0 aromatic carbocycles. The number of carbonyl (C=O) groups is 1. The topological polar surface area (TPSA) is 102 Å². The Morgan fingerprint density at radius 1 is 1.31 bits per heavy atom. The Labute approximate surface area is 170 Å². The van der Waals surface area contributed by atoms with Gasteiger partial charge in [-0.3, -0.25) is 9.48 Å². The minimum absolute atomic E-state index is 0.153. The highest BCUT2D eigenvalue weighted by molar-refractivity contribution is 5.93. The molecular weight excluding hydrogens is 370 g/mol. The van der Waals surface area contributed by atoms with E-state index in [2.05, 4.69) is 32.5 Å². The van der Waals surface area contributed by atoms with Gasteiger partial charge in [0, 0.05) is 44.0 Å². The van der Waals surface area contributed by atoms with Gasteiger partial charge in [0.2, 0.25) is 5.89 Å². The van der Waals surface area contributed by atoms with Gasteiger partial charge in [0.15, 0.2) is 5.82 Å². The molecule has 1 amide bonds. The van der Waals surface area contributed by atoms with Crippen LogP contribution < -0.4 is 10.2 Å². The van der Waals surface area contributed by atoms with E-state index in [1.807, 2.05) is 50.5 Å². The van der Waals surface area contributed by atoms with Crippen LogP contribution in [0.1, 0.15) is 58.8 Å². The van der Waals surface area contributed by atoms with Gasteiger partial charge in [-0.2, -0.15) is 10.1 Å². The summed E-state index contributed by atoms with van der Waals surface area (Å²) in [5.41, 5.74) is 3.80. The van der Waals surface area contributed by atoms with Crippen LogP contribution in [0.4, 0.5) is 5.82 Å². The molecule has 0 unspecified atom stereocenters. The van der Waals surface area contributed by atoms with Crippen molar-refractivity contribution in [2.24, 2.45) is 7.05 Å². The number of aromatic nitrogens is 5. The van der Waals surface area contributed by atoms with E-state index in [0.717, 1.165) is 17.2 Å². The molecule has 0 atom stereocenters. The van der Waals surface area contributed by atoms with E-state index >= 15 is 0 Å². The summed E-state index contributed by atoms with van der Waals surface area (Å²) < 4.78 is 7.02. The summed E-state index contributed by atoms with van der Waals surface area (Å²) in [6.45, 7) is 8.90. The summed E-state index contributed by atoms with van der Waals surface area (Å²) in [5.74, 6) is 1.71. The molecule has 29 heavy (non-hydrogen) atoms. The van der Waals surface area contributed by atoms with Crippen molar-refractivity contribution in [1.29, 1.82) is 0 Å². The minimum Gasteiger partial charge on any atom is -0.355 e. The lowest BCUT2D eigenvalue weighted by molar-refractivity contribution is 0.0949. The molecule has 0 radical (unpaired) electrons. The molecule has 0 fully saturated rings. The van der Waals surface area contributed by atoms with Gasteiger partial charge in [-0.25, -0.2) is 4.98 Å². The summed E-state index contributed by atoms with van der Waals surface area (Å²) >= 11 is 0. The molecule has 0 bridgehead atoms. The van der Waals surface area contributed by atoms with E-state index in [-0.39, 0.29) is 18.4 Å². The van der Waals surface area contributed by atoms with Crippen molar-refractivity contribution in [3.05, 3.63) is 52.6 Å². The number of nitrogens with zero attached hydrogens (tertiary/aromatic N) is 6. The number of nitrogens with one attached hydrogen (secondary N) is 1. The largest absolute Gasteiger partial charge is 0.355 e. The average molecular weight is 397 g/mol. The van der Waals surface area contributed by atoms with Crippen LogP contribution in [0.3, 0.4) is 0 Å². The van der Waals surface area contributed by atoms with E-state index in [1.165, 1.54) is 5.56 Å². The van der Waals surface area contributed by atoms with E-state index in [0.29, 0.717) is 23.8 Å². The molecule has 3 aromatic heterocycles. The molecule has 0 aliphatic carbocycles. The first-order valence-corrected chi connectivity index (χ1v) is 9.53. The zero-order valence-electron chi connectivity index (χ0n) is 17.7. The lowest BCUT2D eigenvalue weighted by atomic mass is 10.2. The SMILES string of the molecule is Cc1nn(C)c(C)c1CN(C)c1ccc(C(=O)NCc2noc(C(C)C)n2)cn1. The smallest absolute Gasteiger partial charge is 0.253 e. The van der Waals surface area contributed by atoms with Crippen molar-refractivity contribution in [2.45, 2.75) is 46.7 Å². The zero-order valence-corrected chi connectivity index (χ0v) is 17.7. The third kappa shape index (κ3) is 4.61. The van der Waals surface area contributed by atoms with E-state index < -0.39 is 0 Å². The predicted octanol–water partition coefficient (Wildman–Crippen LogP) is 2.50. The third-order valence-corrected chi connectivity index (χ3v) is 4.84. The predicted molar refractivity (Wildman–Crippen MR) is 109 cm³/mol. The lowest BCUT2D eigenvalue weighted by Crippen LogP contribution is -2.24. The van der Waals surface area contributed by atoms with Gasteiger partial charge in [0.25, 0.3) is 5.91 Å². The maximum atomic E-state index is 12.4. The number of hydrogen-bond acceptors (Lipinski definition) is 7. The van der Waals surface area contributed by atoms with Crippen molar-refractivity contribution in [3.63, 3.8) is 0 Å². The Morgan fingerprint density at radius 3 is 2.62 bits per heavy atom. The monoisotopic (exact) mass is 397 g/mol. The lowest BCUT2D eigenvalue weighted by Gasteiger charge is -2.18. The van der Waals surface area contributed by atoms with Gasteiger partial charge in [-0.15, -0.1) is 0 Å². The maximum absolute atomic E-state index is 12.4. The van der Waals surface area contributed by atoms with Crippen molar-refractivity contribution in [2.75, 3.05) is 11.9 Å². The summed E-state index contributed by atoms with van der Waals surface area (Å²) in [6.07, 6.45) is 1.57. The molecule has 9 heteroatoms. The van der Waals surface area contributed by atoms with Crippen LogP contribution in [0.15, 0.2) is 22.9 Å². The molecule has 0 saturated heterocycles. The van der Waals surface area contributed by atoms with Crippen molar-refractivity contribution >= 4 is 11.7 Å². The van der Waals surface area contributed by atoms with Crippen LogP contribution in [0.2, 0.25) is 0 Å². The Morgan fingerprint density at radius 2 is 2.07 bits per heavy atom. The molecule has 1 N–H and O–H groups in total. The van der Waals surface area contributed by atoms with Crippen molar-refractivity contribution < 1.29 is 9.32 Å². The fraction of sp³-hybridized carbons (Fsp3) is 0.450. The quantitative estimate of drug-likeness (QED) is 0.653. The summed E-state index contributed by atoms with van der Waals surface area (Å²) in [5, 5.41) is 11.1. The molecular formula is C20H27N7O2. The minimum atomic E-state index is -0.235. The molecule has 0 saturated carbocycles. The third-order valence-electron chi connectivity index (χ3n) is 4.84. The molecule has 0 aliphatic rings. The van der Waals surface area contributed by atoms with Gasteiger partial charge >= 0.3 is 0 Å². The second-order valence-electron chi connectivity index (χ2n) is 7.42. The highest BCUT2D eigenvalue weighted by Crippen LogP contribution is 2.18. The Kier molecular flexibility index (Phi) is 5.95. The normalized spacial score (nSPS) is 11.1. The molecule has 0 aliphatic heterocycles. The standard InChI is InChI=1S/C20H27N7O2/c1-12(2)20-23-17(25-29-20)10-22-19(28)15-7-8-18(21-9-15)26(5)11-16-13(3)24-27(6)14(16)4/h7-9,12H,10-11H2,1-6H3,(H,22,28). The van der Waals surface area contributed by atoms with Crippen molar-refractivity contribution in [1.82, 2.24) is 30.2 Å². The molecule has 9 nitrogen and oxygen atoms in total. The fourth-order valence-electron chi connectivity index (χ4n) is 2.95. The zero-order chi connectivity index (χ0) is 21.1. The number of rotatable bonds is 7. The Bertz CT molecular complexity index is 989. The first kappa shape index (κ1) is 20.5. The van der Waals surface area contributed by atoms with Crippen LogP contribution in [0.25, 0.3) is 0 Å². The van der Waals surface area contributed by atoms with E-state index in [1.54, 1.807) is 12.3 Å². The van der Waals surface area contributed by atoms with Gasteiger partial charge in [0.05, 0.1) is 17.8 Å². The number of aryl methyl sites for hydroxylation is 2. The first-order chi connectivity index (χ1) is 13.8. The van der Waals surface area contributed by atoms with Crippen molar-refractivity contribution in [3.8, 4) is 0 Å². The molecule has 154 valence electrons. The highest BCUT2D eigenvalue weighted by atomic mass is 16.5. The molecule has 0 spiro atoms. The summed E-state index contributed by atoms with van der Waals surface area (Å²) in [4.78, 5) is 23.1.